The number of alkyl halides is 2. The number of rotatable bonds is 4. The third-order valence-corrected chi connectivity index (χ3v) is 5.28. The highest BCUT2D eigenvalue weighted by Gasteiger charge is 2.50. The van der Waals surface area contributed by atoms with Gasteiger partial charge in [-0.15, -0.1) is 0 Å². The highest BCUT2D eigenvalue weighted by atomic mass is 19.3. The molecule has 19 heavy (non-hydrogen) atoms. The van der Waals surface area contributed by atoms with Gasteiger partial charge in [0.05, 0.1) is 6.54 Å². The Bertz CT molecular complexity index is 344. The van der Waals surface area contributed by atoms with Gasteiger partial charge >= 0.3 is 0 Å². The lowest BCUT2D eigenvalue weighted by Crippen LogP contribution is -2.52. The van der Waals surface area contributed by atoms with Crippen LogP contribution in [0.15, 0.2) is 0 Å². The van der Waals surface area contributed by atoms with Gasteiger partial charge in [0.2, 0.25) is 5.91 Å². The van der Waals surface area contributed by atoms with Crippen molar-refractivity contribution in [3.8, 4) is 0 Å². The molecule has 108 valence electrons. The summed E-state index contributed by atoms with van der Waals surface area (Å²) < 4.78 is 25.9. The van der Waals surface area contributed by atoms with Crippen molar-refractivity contribution in [2.45, 2.75) is 38.0 Å². The summed E-state index contributed by atoms with van der Waals surface area (Å²) >= 11 is 0. The van der Waals surface area contributed by atoms with Crippen LogP contribution in [0, 0.1) is 29.6 Å². The molecular formula is C14H21F2NO2. The summed E-state index contributed by atoms with van der Waals surface area (Å²) in [6.07, 6.45) is 5.70. The fourth-order valence-electron chi connectivity index (χ4n) is 4.74. The van der Waals surface area contributed by atoms with Crippen LogP contribution >= 0.6 is 0 Å². The molecule has 0 aromatic heterocycles. The summed E-state index contributed by atoms with van der Waals surface area (Å²) in [5, 5.41) is 10.9. The normalized spacial score (nSPS) is 40.5. The summed E-state index contributed by atoms with van der Waals surface area (Å²) in [5.74, 6) is -1.15. The van der Waals surface area contributed by atoms with E-state index in [1.807, 2.05) is 0 Å². The van der Waals surface area contributed by atoms with Gasteiger partial charge in [0.25, 0.3) is 5.92 Å². The van der Waals surface area contributed by atoms with Gasteiger partial charge in [-0.2, -0.15) is 0 Å². The number of nitrogens with one attached hydrogen (secondary N) is 1. The average molecular weight is 273 g/mol. The topological polar surface area (TPSA) is 49.3 Å². The number of carbonyl (C=O) groups excluding carboxylic acids is 1. The highest BCUT2D eigenvalue weighted by molar-refractivity contribution is 5.79. The predicted octanol–water partition coefficient (Wildman–Crippen LogP) is 1.80. The molecule has 4 saturated carbocycles. The molecule has 0 aromatic rings. The molecule has 2 N–H and O–H groups in total. The van der Waals surface area contributed by atoms with Crippen molar-refractivity contribution in [1.82, 2.24) is 5.32 Å². The van der Waals surface area contributed by atoms with Crippen LogP contribution in [0.3, 0.4) is 0 Å². The Morgan fingerprint density at radius 3 is 2.11 bits per heavy atom. The SMILES string of the molecule is O=C(NCC(F)(F)CO)C1C2CC3CC(C2)CC1C3. The molecule has 4 fully saturated rings. The van der Waals surface area contributed by atoms with E-state index in [4.69, 9.17) is 5.11 Å². The first kappa shape index (κ1) is 13.3. The van der Waals surface area contributed by atoms with Crippen LogP contribution in [0.4, 0.5) is 8.78 Å². The van der Waals surface area contributed by atoms with E-state index in [0.717, 1.165) is 37.5 Å². The van der Waals surface area contributed by atoms with Gasteiger partial charge in [-0.25, -0.2) is 8.78 Å². The van der Waals surface area contributed by atoms with Gasteiger partial charge in [-0.05, 0) is 55.8 Å². The third-order valence-electron chi connectivity index (χ3n) is 5.28. The molecule has 1 amide bonds. The van der Waals surface area contributed by atoms with Gasteiger partial charge in [0, 0.05) is 5.92 Å². The lowest BCUT2D eigenvalue weighted by atomic mass is 9.51. The quantitative estimate of drug-likeness (QED) is 0.820. The summed E-state index contributed by atoms with van der Waals surface area (Å²) in [6.45, 7) is -1.96. The van der Waals surface area contributed by atoms with Crippen molar-refractivity contribution in [2.24, 2.45) is 29.6 Å². The van der Waals surface area contributed by atoms with E-state index in [0.29, 0.717) is 11.8 Å². The molecule has 0 aromatic carbocycles. The van der Waals surface area contributed by atoms with Crippen LogP contribution in [0.1, 0.15) is 32.1 Å². The summed E-state index contributed by atoms with van der Waals surface area (Å²) in [6, 6.07) is 0. The molecule has 0 heterocycles. The second kappa shape index (κ2) is 4.69. The first-order valence-corrected chi connectivity index (χ1v) is 7.25. The first-order valence-electron chi connectivity index (χ1n) is 7.25. The second-order valence-corrected chi connectivity index (χ2v) is 6.69. The van der Waals surface area contributed by atoms with Crippen molar-refractivity contribution in [1.29, 1.82) is 0 Å². The number of hydrogen-bond acceptors (Lipinski definition) is 2. The smallest absolute Gasteiger partial charge is 0.287 e. The fraction of sp³-hybridized carbons (Fsp3) is 0.929. The molecule has 5 heteroatoms. The van der Waals surface area contributed by atoms with Crippen LogP contribution in [-0.4, -0.2) is 30.1 Å². The molecule has 4 rings (SSSR count). The molecule has 0 aliphatic heterocycles. The Morgan fingerprint density at radius 2 is 1.63 bits per heavy atom. The summed E-state index contributed by atoms with van der Waals surface area (Å²) in [7, 11) is 0. The van der Waals surface area contributed by atoms with Gasteiger partial charge in [-0.1, -0.05) is 0 Å². The Labute approximate surface area is 111 Å². The predicted molar refractivity (Wildman–Crippen MR) is 65.6 cm³/mol. The van der Waals surface area contributed by atoms with Crippen LogP contribution in [0.2, 0.25) is 0 Å². The number of amides is 1. The molecule has 0 spiro atoms. The molecule has 3 nitrogen and oxygen atoms in total. The Hall–Kier alpha value is -0.710. The monoisotopic (exact) mass is 273 g/mol. The minimum absolute atomic E-state index is 0.0673. The third kappa shape index (κ3) is 2.49. The molecule has 0 atom stereocenters. The number of aliphatic hydroxyl groups excluding tert-OH is 1. The number of carbonyl (C=O) groups is 1. The van der Waals surface area contributed by atoms with E-state index in [1.54, 1.807) is 0 Å². The van der Waals surface area contributed by atoms with Gasteiger partial charge in [0.1, 0.15) is 6.61 Å². The van der Waals surface area contributed by atoms with E-state index in [-0.39, 0.29) is 11.8 Å². The maximum atomic E-state index is 13.0. The number of halogens is 2. The van der Waals surface area contributed by atoms with Crippen LogP contribution in [0.25, 0.3) is 0 Å². The molecular weight excluding hydrogens is 252 g/mol. The minimum Gasteiger partial charge on any atom is -0.390 e. The zero-order chi connectivity index (χ0) is 13.6. The molecule has 0 radical (unpaired) electrons. The lowest BCUT2D eigenvalue weighted by molar-refractivity contribution is -0.140. The molecule has 4 aliphatic rings. The number of hydrogen-bond donors (Lipinski definition) is 2. The number of aliphatic hydroxyl groups is 1. The Balaban J connectivity index is 1.61. The van der Waals surface area contributed by atoms with Crippen molar-refractivity contribution < 1.29 is 18.7 Å². The van der Waals surface area contributed by atoms with Gasteiger partial charge < -0.3 is 10.4 Å². The fourth-order valence-corrected chi connectivity index (χ4v) is 4.74. The minimum atomic E-state index is -3.21. The maximum Gasteiger partial charge on any atom is 0.287 e. The Morgan fingerprint density at radius 1 is 1.11 bits per heavy atom. The summed E-state index contributed by atoms with van der Waals surface area (Å²) in [4.78, 5) is 12.2. The lowest BCUT2D eigenvalue weighted by Gasteiger charge is -2.53. The molecule has 4 bridgehead atoms. The highest BCUT2D eigenvalue weighted by Crippen LogP contribution is 2.56. The average Bonchev–Trinajstić information content (AvgIpc) is 2.35. The molecule has 0 unspecified atom stereocenters. The van der Waals surface area contributed by atoms with E-state index < -0.39 is 19.1 Å². The van der Waals surface area contributed by atoms with Crippen LogP contribution in [-0.2, 0) is 4.79 Å². The summed E-state index contributed by atoms with van der Waals surface area (Å²) in [5.41, 5.74) is 0. The first-order chi connectivity index (χ1) is 8.98. The molecule has 4 aliphatic carbocycles. The standard InChI is InChI=1S/C14H21F2NO2/c15-14(16,7-18)6-17-13(19)12-10-2-8-1-9(4-10)5-11(12)3-8/h8-12,18H,1-7H2,(H,17,19). The van der Waals surface area contributed by atoms with E-state index in [2.05, 4.69) is 5.32 Å². The van der Waals surface area contributed by atoms with Crippen molar-refractivity contribution in [2.75, 3.05) is 13.2 Å². The largest absolute Gasteiger partial charge is 0.390 e. The molecule has 0 saturated heterocycles. The second-order valence-electron chi connectivity index (χ2n) is 6.69. The van der Waals surface area contributed by atoms with Crippen LogP contribution in [0.5, 0.6) is 0 Å². The van der Waals surface area contributed by atoms with Crippen molar-refractivity contribution >= 4 is 5.91 Å². The van der Waals surface area contributed by atoms with Gasteiger partial charge in [0.15, 0.2) is 0 Å². The maximum absolute atomic E-state index is 13.0. The Kier molecular flexibility index (Phi) is 3.28. The van der Waals surface area contributed by atoms with Crippen molar-refractivity contribution in [3.05, 3.63) is 0 Å². The zero-order valence-electron chi connectivity index (χ0n) is 10.9. The van der Waals surface area contributed by atoms with Crippen LogP contribution < -0.4 is 5.32 Å². The van der Waals surface area contributed by atoms with Crippen molar-refractivity contribution in [3.63, 3.8) is 0 Å². The van der Waals surface area contributed by atoms with Gasteiger partial charge in [-0.3, -0.25) is 4.79 Å². The van der Waals surface area contributed by atoms with E-state index >= 15 is 0 Å². The van der Waals surface area contributed by atoms with E-state index in [1.165, 1.54) is 6.42 Å². The zero-order valence-corrected chi connectivity index (χ0v) is 10.9. The van der Waals surface area contributed by atoms with E-state index in [9.17, 15) is 13.6 Å².